The third-order valence-corrected chi connectivity index (χ3v) is 6.79. The molecule has 0 fully saturated rings. The van der Waals surface area contributed by atoms with Crippen LogP contribution in [0.4, 0.5) is 0 Å². The zero-order chi connectivity index (χ0) is 27.7. The van der Waals surface area contributed by atoms with E-state index < -0.39 is 6.04 Å². The standard InChI is InChI=1S/C31H36Cl2N2O3/c1-21(2)18-34-31(37)28(16-23-10-6-5-7-11-23)35(19-24-14-15-25(32)17-27(24)33)30(36)20-38-29-13-9-8-12-26(29)22(3)4/h5-15,17,21-22,28H,16,18-20H2,1-4H3,(H,34,37). The van der Waals surface area contributed by atoms with E-state index in [1.165, 1.54) is 0 Å². The Morgan fingerprint density at radius 1 is 0.921 bits per heavy atom. The number of nitrogens with one attached hydrogen (secondary N) is 1. The molecule has 3 aromatic carbocycles. The van der Waals surface area contributed by atoms with Crippen LogP contribution < -0.4 is 10.1 Å². The first-order valence-corrected chi connectivity index (χ1v) is 13.7. The van der Waals surface area contributed by atoms with Crippen molar-refractivity contribution < 1.29 is 14.3 Å². The van der Waals surface area contributed by atoms with Crippen LogP contribution in [0.1, 0.15) is 50.3 Å². The predicted octanol–water partition coefficient (Wildman–Crippen LogP) is 6.91. The van der Waals surface area contributed by atoms with Crippen molar-refractivity contribution in [3.63, 3.8) is 0 Å². The van der Waals surface area contributed by atoms with E-state index in [9.17, 15) is 9.59 Å². The van der Waals surface area contributed by atoms with Crippen LogP contribution in [0.3, 0.4) is 0 Å². The van der Waals surface area contributed by atoms with E-state index in [1.54, 1.807) is 23.1 Å². The molecule has 0 aliphatic carbocycles. The lowest BCUT2D eigenvalue weighted by atomic mass is 10.0. The summed E-state index contributed by atoms with van der Waals surface area (Å²) in [6.45, 7) is 8.65. The molecule has 0 saturated carbocycles. The Morgan fingerprint density at radius 2 is 1.61 bits per heavy atom. The van der Waals surface area contributed by atoms with Gasteiger partial charge < -0.3 is 15.0 Å². The molecule has 5 nitrogen and oxygen atoms in total. The van der Waals surface area contributed by atoms with Crippen LogP contribution in [0, 0.1) is 5.92 Å². The molecule has 0 aliphatic rings. The molecule has 2 amide bonds. The highest BCUT2D eigenvalue weighted by Gasteiger charge is 2.31. The van der Waals surface area contributed by atoms with Crippen LogP contribution in [-0.2, 0) is 22.6 Å². The number of hydrogen-bond donors (Lipinski definition) is 1. The Hall–Kier alpha value is -3.02. The Bertz CT molecular complexity index is 1210. The SMILES string of the molecule is CC(C)CNC(=O)C(Cc1ccccc1)N(Cc1ccc(Cl)cc1Cl)C(=O)COc1ccccc1C(C)C. The van der Waals surface area contributed by atoms with Gasteiger partial charge in [0, 0.05) is 29.6 Å². The summed E-state index contributed by atoms with van der Waals surface area (Å²) in [5, 5.41) is 3.95. The Morgan fingerprint density at radius 3 is 2.26 bits per heavy atom. The summed E-state index contributed by atoms with van der Waals surface area (Å²) in [6.07, 6.45) is 0.351. The molecule has 1 unspecified atom stereocenters. The summed E-state index contributed by atoms with van der Waals surface area (Å²) in [7, 11) is 0. The second kappa shape index (κ2) is 14.2. The fraction of sp³-hybridized carbons (Fsp3) is 0.355. The minimum absolute atomic E-state index is 0.136. The number of ether oxygens (including phenoxy) is 1. The maximum atomic E-state index is 13.8. The van der Waals surface area contributed by atoms with Crippen LogP contribution >= 0.6 is 23.2 Å². The van der Waals surface area contributed by atoms with Crippen molar-refractivity contribution in [3.8, 4) is 5.75 Å². The maximum absolute atomic E-state index is 13.8. The monoisotopic (exact) mass is 554 g/mol. The highest BCUT2D eigenvalue weighted by atomic mass is 35.5. The largest absolute Gasteiger partial charge is 0.483 e. The molecule has 0 bridgehead atoms. The molecule has 0 aliphatic heterocycles. The molecule has 38 heavy (non-hydrogen) atoms. The number of rotatable bonds is 12. The van der Waals surface area contributed by atoms with Gasteiger partial charge in [-0.1, -0.05) is 105 Å². The van der Waals surface area contributed by atoms with Gasteiger partial charge in [-0.15, -0.1) is 0 Å². The van der Waals surface area contributed by atoms with Crippen LogP contribution in [0.5, 0.6) is 5.75 Å². The van der Waals surface area contributed by atoms with Gasteiger partial charge in [-0.25, -0.2) is 0 Å². The fourth-order valence-electron chi connectivity index (χ4n) is 4.12. The van der Waals surface area contributed by atoms with Gasteiger partial charge in [0.05, 0.1) is 0 Å². The molecule has 202 valence electrons. The first kappa shape index (κ1) is 29.5. The quantitative estimate of drug-likeness (QED) is 0.264. The highest BCUT2D eigenvalue weighted by molar-refractivity contribution is 6.35. The zero-order valence-electron chi connectivity index (χ0n) is 22.4. The van der Waals surface area contributed by atoms with Gasteiger partial charge in [0.1, 0.15) is 11.8 Å². The van der Waals surface area contributed by atoms with Crippen molar-refractivity contribution in [1.29, 1.82) is 0 Å². The van der Waals surface area contributed by atoms with E-state index in [2.05, 4.69) is 19.2 Å². The summed E-state index contributed by atoms with van der Waals surface area (Å²) in [5.41, 5.74) is 2.66. The van der Waals surface area contributed by atoms with Crippen molar-refractivity contribution in [3.05, 3.63) is 99.5 Å². The molecule has 3 aromatic rings. The maximum Gasteiger partial charge on any atom is 0.261 e. The van der Waals surface area contributed by atoms with Gasteiger partial charge in [-0.05, 0) is 46.7 Å². The van der Waals surface area contributed by atoms with E-state index >= 15 is 0 Å². The lowest BCUT2D eigenvalue weighted by Gasteiger charge is -2.32. The summed E-state index contributed by atoms with van der Waals surface area (Å²) in [6, 6.07) is 21.8. The van der Waals surface area contributed by atoms with Crippen molar-refractivity contribution >= 4 is 35.0 Å². The Balaban J connectivity index is 1.95. The number of halogens is 2. The molecule has 0 radical (unpaired) electrons. The molecule has 0 saturated heterocycles. The van der Waals surface area contributed by atoms with E-state index in [0.717, 1.165) is 11.1 Å². The second-order valence-corrected chi connectivity index (χ2v) is 10.9. The average molecular weight is 556 g/mol. The third kappa shape index (κ3) is 8.50. The lowest BCUT2D eigenvalue weighted by Crippen LogP contribution is -2.52. The number of amides is 2. The summed E-state index contributed by atoms with van der Waals surface area (Å²) < 4.78 is 6.03. The van der Waals surface area contributed by atoms with Crippen LogP contribution in [0.15, 0.2) is 72.8 Å². The molecule has 3 rings (SSSR count). The van der Waals surface area contributed by atoms with Crippen molar-refractivity contribution in [2.45, 2.75) is 52.6 Å². The topological polar surface area (TPSA) is 58.6 Å². The van der Waals surface area contributed by atoms with E-state index in [4.69, 9.17) is 27.9 Å². The first-order chi connectivity index (χ1) is 18.2. The number of benzene rings is 3. The van der Waals surface area contributed by atoms with Gasteiger partial charge in [0.15, 0.2) is 6.61 Å². The smallest absolute Gasteiger partial charge is 0.261 e. The number of hydrogen-bond acceptors (Lipinski definition) is 3. The van der Waals surface area contributed by atoms with Crippen molar-refractivity contribution in [1.82, 2.24) is 10.2 Å². The van der Waals surface area contributed by atoms with Crippen LogP contribution in [-0.4, -0.2) is 35.9 Å². The summed E-state index contributed by atoms with van der Waals surface area (Å²) >= 11 is 12.6. The molecular formula is C31H36Cl2N2O3. The molecule has 1 atom stereocenters. The normalized spacial score (nSPS) is 11.9. The van der Waals surface area contributed by atoms with Crippen LogP contribution in [0.25, 0.3) is 0 Å². The number of para-hydroxylation sites is 1. The zero-order valence-corrected chi connectivity index (χ0v) is 23.9. The molecule has 1 N–H and O–H groups in total. The minimum atomic E-state index is -0.765. The lowest BCUT2D eigenvalue weighted by molar-refractivity contribution is -0.142. The van der Waals surface area contributed by atoms with E-state index in [0.29, 0.717) is 34.3 Å². The number of carbonyl (C=O) groups is 2. The molecule has 7 heteroatoms. The van der Waals surface area contributed by atoms with Gasteiger partial charge in [0.2, 0.25) is 5.91 Å². The average Bonchev–Trinajstić information content (AvgIpc) is 2.89. The molecule has 0 spiro atoms. The highest BCUT2D eigenvalue weighted by Crippen LogP contribution is 2.27. The summed E-state index contributed by atoms with van der Waals surface area (Å²) in [4.78, 5) is 28.9. The van der Waals surface area contributed by atoms with Gasteiger partial charge in [-0.2, -0.15) is 0 Å². The van der Waals surface area contributed by atoms with Crippen molar-refractivity contribution in [2.75, 3.05) is 13.2 Å². The molecular weight excluding hydrogens is 519 g/mol. The number of carbonyl (C=O) groups excluding carboxylic acids is 2. The molecule has 0 heterocycles. The van der Waals surface area contributed by atoms with E-state index in [-0.39, 0.29) is 36.8 Å². The summed E-state index contributed by atoms with van der Waals surface area (Å²) in [5.74, 6) is 0.628. The Kier molecular flexibility index (Phi) is 11.1. The molecule has 0 aromatic heterocycles. The second-order valence-electron chi connectivity index (χ2n) is 10.1. The van der Waals surface area contributed by atoms with Crippen LogP contribution in [0.2, 0.25) is 10.0 Å². The Labute approximate surface area is 236 Å². The first-order valence-electron chi connectivity index (χ1n) is 12.9. The number of nitrogens with zero attached hydrogens (tertiary/aromatic N) is 1. The van der Waals surface area contributed by atoms with E-state index in [1.807, 2.05) is 68.4 Å². The fourth-order valence-corrected chi connectivity index (χ4v) is 4.59. The van der Waals surface area contributed by atoms with Gasteiger partial charge in [0.25, 0.3) is 5.91 Å². The third-order valence-electron chi connectivity index (χ3n) is 6.20. The minimum Gasteiger partial charge on any atom is -0.483 e. The predicted molar refractivity (Wildman–Crippen MR) is 155 cm³/mol. The van der Waals surface area contributed by atoms with Crippen molar-refractivity contribution in [2.24, 2.45) is 5.92 Å². The van der Waals surface area contributed by atoms with Gasteiger partial charge in [-0.3, -0.25) is 9.59 Å². The van der Waals surface area contributed by atoms with Gasteiger partial charge >= 0.3 is 0 Å².